The first kappa shape index (κ1) is 22.1. The molecule has 0 atom stereocenters. The molecule has 8 nitrogen and oxygen atoms in total. The maximum atomic E-state index is 12.6. The van der Waals surface area contributed by atoms with E-state index in [4.69, 9.17) is 9.47 Å². The molecule has 2 N–H and O–H groups in total. The van der Waals surface area contributed by atoms with Crippen molar-refractivity contribution in [2.75, 3.05) is 50.7 Å². The third-order valence-corrected chi connectivity index (χ3v) is 6.07. The number of anilines is 1. The van der Waals surface area contributed by atoms with Gasteiger partial charge in [-0.1, -0.05) is 18.2 Å². The zero-order chi connectivity index (χ0) is 21.4. The molecule has 0 radical (unpaired) electrons. The average molecular weight is 434 g/mol. The third kappa shape index (κ3) is 6.45. The minimum absolute atomic E-state index is 0.127. The van der Waals surface area contributed by atoms with Crippen molar-refractivity contribution < 1.29 is 22.7 Å². The second-order valence-corrected chi connectivity index (χ2v) is 8.67. The Morgan fingerprint density at radius 1 is 1.13 bits per heavy atom. The molecule has 1 amide bonds. The van der Waals surface area contributed by atoms with Gasteiger partial charge in [-0.25, -0.2) is 8.42 Å². The van der Waals surface area contributed by atoms with Crippen LogP contribution in [0, 0.1) is 6.92 Å². The van der Waals surface area contributed by atoms with Crippen LogP contribution in [0.4, 0.5) is 5.69 Å². The lowest BCUT2D eigenvalue weighted by molar-refractivity contribution is -0.123. The van der Waals surface area contributed by atoms with E-state index in [1.807, 2.05) is 6.07 Å². The lowest BCUT2D eigenvalue weighted by Crippen LogP contribution is -2.42. The lowest BCUT2D eigenvalue weighted by atomic mass is 10.2. The van der Waals surface area contributed by atoms with Crippen LogP contribution >= 0.6 is 0 Å². The Labute approximate surface area is 177 Å². The number of amides is 1. The number of hydrogen-bond acceptors (Lipinski definition) is 6. The number of nitrogens with one attached hydrogen (secondary N) is 2. The van der Waals surface area contributed by atoms with E-state index in [1.54, 1.807) is 37.3 Å². The van der Waals surface area contributed by atoms with Gasteiger partial charge >= 0.3 is 0 Å². The molecule has 9 heteroatoms. The highest BCUT2D eigenvalue weighted by Gasteiger charge is 2.16. The van der Waals surface area contributed by atoms with Crippen molar-refractivity contribution in [1.29, 1.82) is 0 Å². The molecule has 2 aromatic rings. The Bertz CT molecular complexity index is 944. The largest absolute Gasteiger partial charge is 0.484 e. The Kier molecular flexibility index (Phi) is 7.67. The van der Waals surface area contributed by atoms with Crippen LogP contribution in [0.1, 0.15) is 5.56 Å². The van der Waals surface area contributed by atoms with E-state index in [0.29, 0.717) is 23.5 Å². The molecule has 1 aliphatic heterocycles. The summed E-state index contributed by atoms with van der Waals surface area (Å²) in [6.07, 6.45) is 0. The number of benzene rings is 2. The van der Waals surface area contributed by atoms with Gasteiger partial charge in [0.2, 0.25) is 0 Å². The first-order valence-corrected chi connectivity index (χ1v) is 11.3. The molecular formula is C21H27N3O5S. The second-order valence-electron chi connectivity index (χ2n) is 6.99. The summed E-state index contributed by atoms with van der Waals surface area (Å²) in [7, 11) is -3.71. The standard InChI is InChI=1S/C21H27N3O5S/c1-17-15-19(30(26,27)23-18-5-3-2-4-6-18)7-8-20(17)29-16-21(25)22-9-10-24-11-13-28-14-12-24/h2-8,15,23H,9-14,16H2,1H3,(H,22,25). The molecule has 0 spiro atoms. The van der Waals surface area contributed by atoms with E-state index >= 15 is 0 Å². The highest BCUT2D eigenvalue weighted by molar-refractivity contribution is 7.92. The zero-order valence-corrected chi connectivity index (χ0v) is 17.8. The Hall–Kier alpha value is -2.62. The van der Waals surface area contributed by atoms with Crippen LogP contribution in [0.3, 0.4) is 0 Å². The summed E-state index contributed by atoms with van der Waals surface area (Å²) in [5, 5.41) is 2.83. The van der Waals surface area contributed by atoms with Gasteiger partial charge in [0.25, 0.3) is 15.9 Å². The molecule has 1 heterocycles. The number of morpholine rings is 1. The monoisotopic (exact) mass is 433 g/mol. The normalized spacial score (nSPS) is 14.8. The zero-order valence-electron chi connectivity index (χ0n) is 17.0. The molecule has 0 saturated carbocycles. The quantitative estimate of drug-likeness (QED) is 0.624. The summed E-state index contributed by atoms with van der Waals surface area (Å²) < 4.78 is 38.5. The van der Waals surface area contributed by atoms with Crippen molar-refractivity contribution in [3.8, 4) is 5.75 Å². The fraction of sp³-hybridized carbons (Fsp3) is 0.381. The molecule has 1 aliphatic rings. The van der Waals surface area contributed by atoms with Gasteiger partial charge in [0.05, 0.1) is 18.1 Å². The van der Waals surface area contributed by atoms with Gasteiger partial charge < -0.3 is 14.8 Å². The predicted molar refractivity (Wildman–Crippen MR) is 114 cm³/mol. The highest BCUT2D eigenvalue weighted by atomic mass is 32.2. The molecule has 0 bridgehead atoms. The van der Waals surface area contributed by atoms with Crippen LogP contribution in [-0.2, 0) is 19.6 Å². The number of carbonyl (C=O) groups excluding carboxylic acids is 1. The van der Waals surface area contributed by atoms with Gasteiger partial charge in [0, 0.05) is 31.9 Å². The smallest absolute Gasteiger partial charge is 0.261 e. The van der Waals surface area contributed by atoms with Crippen molar-refractivity contribution in [3.05, 3.63) is 54.1 Å². The van der Waals surface area contributed by atoms with Crippen molar-refractivity contribution in [3.63, 3.8) is 0 Å². The molecule has 0 aromatic heterocycles. The Morgan fingerprint density at radius 2 is 1.87 bits per heavy atom. The SMILES string of the molecule is Cc1cc(S(=O)(=O)Nc2ccccc2)ccc1OCC(=O)NCCN1CCOCC1. The molecule has 0 aliphatic carbocycles. The van der Waals surface area contributed by atoms with Crippen LogP contribution in [0.15, 0.2) is 53.4 Å². The van der Waals surface area contributed by atoms with Crippen LogP contribution in [0.5, 0.6) is 5.75 Å². The van der Waals surface area contributed by atoms with E-state index in [9.17, 15) is 13.2 Å². The fourth-order valence-corrected chi connectivity index (χ4v) is 4.19. The topological polar surface area (TPSA) is 97.0 Å². The van der Waals surface area contributed by atoms with Crippen LogP contribution < -0.4 is 14.8 Å². The maximum absolute atomic E-state index is 12.6. The van der Waals surface area contributed by atoms with Gasteiger partial charge in [-0.2, -0.15) is 0 Å². The summed E-state index contributed by atoms with van der Waals surface area (Å²) in [5.41, 5.74) is 1.12. The number of ether oxygens (including phenoxy) is 2. The molecule has 2 aromatic carbocycles. The number of para-hydroxylation sites is 1. The summed E-state index contributed by atoms with van der Waals surface area (Å²) in [6.45, 7) is 6.13. The number of aryl methyl sites for hydroxylation is 1. The van der Waals surface area contributed by atoms with Gasteiger partial charge in [0.15, 0.2) is 6.61 Å². The first-order valence-electron chi connectivity index (χ1n) is 9.82. The van der Waals surface area contributed by atoms with E-state index in [2.05, 4.69) is 14.9 Å². The van der Waals surface area contributed by atoms with E-state index < -0.39 is 10.0 Å². The Balaban J connectivity index is 1.49. The van der Waals surface area contributed by atoms with E-state index in [-0.39, 0.29) is 17.4 Å². The highest BCUT2D eigenvalue weighted by Crippen LogP contribution is 2.23. The van der Waals surface area contributed by atoms with Gasteiger partial charge in [-0.15, -0.1) is 0 Å². The van der Waals surface area contributed by atoms with Gasteiger partial charge in [-0.05, 0) is 42.8 Å². The first-order chi connectivity index (χ1) is 14.4. The molecule has 0 unspecified atom stereocenters. The fourth-order valence-electron chi connectivity index (χ4n) is 3.04. The number of rotatable bonds is 9. The minimum atomic E-state index is -3.71. The molecule has 1 fully saturated rings. The van der Waals surface area contributed by atoms with Gasteiger partial charge in [-0.3, -0.25) is 14.4 Å². The summed E-state index contributed by atoms with van der Waals surface area (Å²) in [6, 6.07) is 13.2. The van der Waals surface area contributed by atoms with Crippen LogP contribution in [0.2, 0.25) is 0 Å². The minimum Gasteiger partial charge on any atom is -0.484 e. The summed E-state index contributed by atoms with van der Waals surface area (Å²) >= 11 is 0. The lowest BCUT2D eigenvalue weighted by Gasteiger charge is -2.26. The number of hydrogen-bond donors (Lipinski definition) is 2. The third-order valence-electron chi connectivity index (χ3n) is 4.70. The number of sulfonamides is 1. The van der Waals surface area contributed by atoms with Crippen molar-refractivity contribution in [1.82, 2.24) is 10.2 Å². The van der Waals surface area contributed by atoms with Crippen LogP contribution in [0.25, 0.3) is 0 Å². The van der Waals surface area contributed by atoms with E-state index in [1.165, 1.54) is 12.1 Å². The predicted octanol–water partition coefficient (Wildman–Crippen LogP) is 1.62. The average Bonchev–Trinajstić information content (AvgIpc) is 2.74. The molecular weight excluding hydrogens is 406 g/mol. The second kappa shape index (κ2) is 10.4. The summed E-state index contributed by atoms with van der Waals surface area (Å²) in [4.78, 5) is 14.4. The Morgan fingerprint density at radius 3 is 2.57 bits per heavy atom. The van der Waals surface area contributed by atoms with Gasteiger partial charge in [0.1, 0.15) is 5.75 Å². The number of carbonyl (C=O) groups is 1. The van der Waals surface area contributed by atoms with E-state index in [0.717, 1.165) is 32.8 Å². The molecule has 162 valence electrons. The van der Waals surface area contributed by atoms with Crippen molar-refractivity contribution >= 4 is 21.6 Å². The number of nitrogens with zero attached hydrogens (tertiary/aromatic N) is 1. The van der Waals surface area contributed by atoms with Crippen molar-refractivity contribution in [2.45, 2.75) is 11.8 Å². The van der Waals surface area contributed by atoms with Crippen LogP contribution in [-0.4, -0.2) is 65.2 Å². The maximum Gasteiger partial charge on any atom is 0.261 e. The molecule has 3 rings (SSSR count). The molecule has 1 saturated heterocycles. The summed E-state index contributed by atoms with van der Waals surface area (Å²) in [5.74, 6) is 0.252. The van der Waals surface area contributed by atoms with Crippen molar-refractivity contribution in [2.24, 2.45) is 0 Å². The molecule has 30 heavy (non-hydrogen) atoms.